The Hall–Kier alpha value is -2.17. The molecule has 0 aliphatic heterocycles. The SMILES string of the molecule is Cc1ncc(-c2[nH]c(C=O)c(C)c2C=O)o1. The number of aryl methyl sites for hydroxylation is 1. The van der Waals surface area contributed by atoms with Crippen molar-refractivity contribution < 1.29 is 14.0 Å². The summed E-state index contributed by atoms with van der Waals surface area (Å²) in [6.45, 7) is 3.41. The van der Waals surface area contributed by atoms with Crippen LogP contribution in [0.5, 0.6) is 0 Å². The summed E-state index contributed by atoms with van der Waals surface area (Å²) < 4.78 is 5.31. The number of aldehydes is 2. The number of hydrogen-bond acceptors (Lipinski definition) is 4. The summed E-state index contributed by atoms with van der Waals surface area (Å²) in [5.41, 5.74) is 1.92. The minimum atomic E-state index is 0.381. The lowest BCUT2D eigenvalue weighted by atomic mass is 10.1. The lowest BCUT2D eigenvalue weighted by molar-refractivity contribution is 0.111. The molecule has 0 bridgehead atoms. The quantitative estimate of drug-likeness (QED) is 0.798. The Morgan fingerprint density at radius 1 is 1.31 bits per heavy atom. The van der Waals surface area contributed by atoms with Crippen LogP contribution in [0.2, 0.25) is 0 Å². The predicted octanol–water partition coefficient (Wildman–Crippen LogP) is 1.91. The van der Waals surface area contributed by atoms with Crippen molar-refractivity contribution >= 4 is 12.6 Å². The van der Waals surface area contributed by atoms with Crippen LogP contribution in [0.4, 0.5) is 0 Å². The molecule has 0 amide bonds. The Labute approximate surface area is 91.5 Å². The number of aromatic amines is 1. The molecule has 2 heterocycles. The molecule has 5 heteroatoms. The van der Waals surface area contributed by atoms with Crippen LogP contribution in [-0.4, -0.2) is 22.5 Å². The number of carbonyl (C=O) groups excluding carboxylic acids is 2. The van der Waals surface area contributed by atoms with Gasteiger partial charge in [0.25, 0.3) is 0 Å². The number of nitrogens with one attached hydrogen (secondary N) is 1. The maximum Gasteiger partial charge on any atom is 0.191 e. The number of carbonyl (C=O) groups is 2. The Morgan fingerprint density at radius 3 is 2.56 bits per heavy atom. The van der Waals surface area contributed by atoms with Gasteiger partial charge in [0.05, 0.1) is 17.6 Å². The van der Waals surface area contributed by atoms with Gasteiger partial charge in [-0.2, -0.15) is 0 Å². The van der Waals surface area contributed by atoms with Crippen LogP contribution in [0.1, 0.15) is 32.3 Å². The van der Waals surface area contributed by atoms with Crippen molar-refractivity contribution in [2.24, 2.45) is 0 Å². The smallest absolute Gasteiger partial charge is 0.191 e. The van der Waals surface area contributed by atoms with Gasteiger partial charge in [-0.05, 0) is 12.5 Å². The largest absolute Gasteiger partial charge is 0.439 e. The molecule has 5 nitrogen and oxygen atoms in total. The average Bonchev–Trinajstić information content (AvgIpc) is 2.82. The molecule has 0 aliphatic rings. The lowest BCUT2D eigenvalue weighted by Crippen LogP contribution is -1.84. The summed E-state index contributed by atoms with van der Waals surface area (Å²) in [4.78, 5) is 28.5. The van der Waals surface area contributed by atoms with E-state index in [4.69, 9.17) is 4.42 Å². The zero-order valence-corrected chi connectivity index (χ0v) is 8.90. The summed E-state index contributed by atoms with van der Waals surface area (Å²) in [5.74, 6) is 0.961. The zero-order chi connectivity index (χ0) is 11.7. The monoisotopic (exact) mass is 218 g/mol. The maximum atomic E-state index is 11.0. The van der Waals surface area contributed by atoms with Crippen molar-refractivity contribution in [1.29, 1.82) is 0 Å². The van der Waals surface area contributed by atoms with E-state index < -0.39 is 0 Å². The number of aromatic nitrogens is 2. The van der Waals surface area contributed by atoms with Gasteiger partial charge in [-0.25, -0.2) is 4.98 Å². The van der Waals surface area contributed by atoms with Crippen molar-refractivity contribution in [2.75, 3.05) is 0 Å². The van der Waals surface area contributed by atoms with Crippen LogP contribution in [0.25, 0.3) is 11.5 Å². The average molecular weight is 218 g/mol. The standard InChI is InChI=1S/C11H10N2O3/c1-6-8(4-14)11(13-9(6)5-15)10-3-12-7(2)16-10/h3-5,13H,1-2H3. The Bertz CT molecular complexity index is 552. The molecule has 0 unspecified atom stereocenters. The van der Waals surface area contributed by atoms with E-state index in [9.17, 15) is 9.59 Å². The molecule has 0 saturated heterocycles. The lowest BCUT2D eigenvalue weighted by Gasteiger charge is -1.92. The first-order chi connectivity index (χ1) is 7.67. The molecule has 0 saturated carbocycles. The van der Waals surface area contributed by atoms with Crippen molar-refractivity contribution in [1.82, 2.24) is 9.97 Å². The molecule has 0 fully saturated rings. The fourth-order valence-corrected chi connectivity index (χ4v) is 1.56. The summed E-state index contributed by atoms with van der Waals surface area (Å²) in [6, 6.07) is 0. The van der Waals surface area contributed by atoms with Crippen molar-refractivity contribution in [2.45, 2.75) is 13.8 Å². The van der Waals surface area contributed by atoms with Crippen molar-refractivity contribution in [3.63, 3.8) is 0 Å². The van der Waals surface area contributed by atoms with Gasteiger partial charge in [-0.1, -0.05) is 0 Å². The van der Waals surface area contributed by atoms with E-state index >= 15 is 0 Å². The molecule has 2 rings (SSSR count). The third-order valence-electron chi connectivity index (χ3n) is 2.44. The van der Waals surface area contributed by atoms with Gasteiger partial charge in [-0.3, -0.25) is 9.59 Å². The third kappa shape index (κ3) is 1.46. The fourth-order valence-electron chi connectivity index (χ4n) is 1.56. The molecule has 0 radical (unpaired) electrons. The minimum absolute atomic E-state index is 0.381. The normalized spacial score (nSPS) is 10.4. The number of hydrogen-bond donors (Lipinski definition) is 1. The molecule has 82 valence electrons. The minimum Gasteiger partial charge on any atom is -0.439 e. The van der Waals surface area contributed by atoms with Gasteiger partial charge in [0, 0.05) is 12.5 Å². The van der Waals surface area contributed by atoms with E-state index in [1.54, 1.807) is 13.8 Å². The first-order valence-electron chi connectivity index (χ1n) is 4.73. The number of oxazole rings is 1. The topological polar surface area (TPSA) is 76.0 Å². The second-order valence-electron chi connectivity index (χ2n) is 3.43. The highest BCUT2D eigenvalue weighted by atomic mass is 16.4. The van der Waals surface area contributed by atoms with Crippen molar-refractivity contribution in [3.05, 3.63) is 28.9 Å². The summed E-state index contributed by atoms with van der Waals surface area (Å²) >= 11 is 0. The van der Waals surface area contributed by atoms with E-state index in [1.165, 1.54) is 6.20 Å². The summed E-state index contributed by atoms with van der Waals surface area (Å²) in [7, 11) is 0. The molecular weight excluding hydrogens is 208 g/mol. The first kappa shape index (κ1) is 10.4. The molecular formula is C11H10N2O3. The van der Waals surface area contributed by atoms with E-state index in [0.717, 1.165) is 0 Å². The van der Waals surface area contributed by atoms with E-state index in [-0.39, 0.29) is 0 Å². The second kappa shape index (κ2) is 3.77. The summed E-state index contributed by atoms with van der Waals surface area (Å²) in [6.07, 6.45) is 2.89. The van der Waals surface area contributed by atoms with Crippen LogP contribution in [0.15, 0.2) is 10.6 Å². The van der Waals surface area contributed by atoms with Crippen molar-refractivity contribution in [3.8, 4) is 11.5 Å². The van der Waals surface area contributed by atoms with E-state index in [1.807, 2.05) is 0 Å². The summed E-state index contributed by atoms with van der Waals surface area (Å²) in [5, 5.41) is 0. The third-order valence-corrected chi connectivity index (χ3v) is 2.44. The number of rotatable bonds is 3. The van der Waals surface area contributed by atoms with Gasteiger partial charge in [0.1, 0.15) is 0 Å². The molecule has 2 aromatic heterocycles. The number of H-pyrrole nitrogens is 1. The van der Waals surface area contributed by atoms with Gasteiger partial charge < -0.3 is 9.40 Å². The highest BCUT2D eigenvalue weighted by Crippen LogP contribution is 2.26. The molecule has 0 aliphatic carbocycles. The van der Waals surface area contributed by atoms with Crippen LogP contribution < -0.4 is 0 Å². The highest BCUT2D eigenvalue weighted by Gasteiger charge is 2.17. The first-order valence-corrected chi connectivity index (χ1v) is 4.73. The van der Waals surface area contributed by atoms with Gasteiger partial charge in [0.15, 0.2) is 24.2 Å². The number of nitrogens with zero attached hydrogens (tertiary/aromatic N) is 1. The maximum absolute atomic E-state index is 11.0. The molecule has 0 spiro atoms. The zero-order valence-electron chi connectivity index (χ0n) is 8.90. The van der Waals surface area contributed by atoms with E-state index in [0.29, 0.717) is 46.7 Å². The molecule has 16 heavy (non-hydrogen) atoms. The van der Waals surface area contributed by atoms with Crippen LogP contribution in [0, 0.1) is 13.8 Å². The predicted molar refractivity (Wildman–Crippen MR) is 56.5 cm³/mol. The Kier molecular flexibility index (Phi) is 2.44. The molecule has 2 aromatic rings. The molecule has 0 aromatic carbocycles. The van der Waals surface area contributed by atoms with Gasteiger partial charge in [-0.15, -0.1) is 0 Å². The van der Waals surface area contributed by atoms with Crippen LogP contribution in [0.3, 0.4) is 0 Å². The van der Waals surface area contributed by atoms with Gasteiger partial charge >= 0.3 is 0 Å². The van der Waals surface area contributed by atoms with Crippen LogP contribution >= 0.6 is 0 Å². The van der Waals surface area contributed by atoms with Gasteiger partial charge in [0.2, 0.25) is 0 Å². The fraction of sp³-hybridized carbons (Fsp3) is 0.182. The molecule has 1 N–H and O–H groups in total. The highest BCUT2D eigenvalue weighted by molar-refractivity contribution is 5.92. The van der Waals surface area contributed by atoms with Crippen LogP contribution in [-0.2, 0) is 0 Å². The Morgan fingerprint density at radius 2 is 2.06 bits per heavy atom. The second-order valence-corrected chi connectivity index (χ2v) is 3.43. The van der Waals surface area contributed by atoms with E-state index in [2.05, 4.69) is 9.97 Å². The Balaban J connectivity index is 2.64. The molecule has 0 atom stereocenters.